The van der Waals surface area contributed by atoms with Crippen molar-refractivity contribution in [3.8, 4) is 6.07 Å². The summed E-state index contributed by atoms with van der Waals surface area (Å²) in [6.45, 7) is 0. The highest BCUT2D eigenvalue weighted by Gasteiger charge is 2.11. The Kier molecular flexibility index (Phi) is 3.28. The maximum atomic E-state index is 11.8. The molecule has 92 valence electrons. The smallest absolute Gasteiger partial charge is 0.227 e. The number of carbonyl (C=O) groups is 1. The molecule has 2 rings (SSSR count). The molecule has 0 unspecified atom stereocenters. The fourth-order valence-electron chi connectivity index (χ4n) is 1.81. The van der Waals surface area contributed by atoms with Crippen LogP contribution in [0.4, 0.5) is 5.69 Å². The van der Waals surface area contributed by atoms with E-state index in [2.05, 4.69) is 4.98 Å². The number of aromatic nitrogens is 2. The summed E-state index contributed by atoms with van der Waals surface area (Å²) in [5, 5.41) is 8.48. The summed E-state index contributed by atoms with van der Waals surface area (Å²) in [5.74, 6) is -0.0631. The van der Waals surface area contributed by atoms with Gasteiger partial charge in [0.25, 0.3) is 0 Å². The highest BCUT2D eigenvalue weighted by Crippen LogP contribution is 2.20. The molecule has 0 aliphatic heterocycles. The zero-order chi connectivity index (χ0) is 13.1. The van der Waals surface area contributed by atoms with E-state index in [9.17, 15) is 4.79 Å². The second-order valence-electron chi connectivity index (χ2n) is 4.14. The van der Waals surface area contributed by atoms with E-state index in [1.165, 1.54) is 0 Å². The molecule has 0 radical (unpaired) electrons. The van der Waals surface area contributed by atoms with Crippen LogP contribution in [0, 0.1) is 11.3 Å². The van der Waals surface area contributed by atoms with Gasteiger partial charge in [-0.2, -0.15) is 5.26 Å². The highest BCUT2D eigenvalue weighted by atomic mass is 16.2. The van der Waals surface area contributed by atoms with Crippen molar-refractivity contribution in [2.24, 2.45) is 7.05 Å². The van der Waals surface area contributed by atoms with Gasteiger partial charge in [0.15, 0.2) is 0 Å². The Hall–Kier alpha value is -2.35. The Morgan fingerprint density at radius 3 is 3.06 bits per heavy atom. The molecular formula is C13H14N4O. The van der Waals surface area contributed by atoms with Crippen LogP contribution in [0.25, 0.3) is 11.0 Å². The van der Waals surface area contributed by atoms with Crippen molar-refractivity contribution < 1.29 is 4.79 Å². The Balaban J connectivity index is 2.25. The number of fused-ring (bicyclic) bond motifs is 1. The Labute approximate surface area is 105 Å². The number of nitrogens with zero attached hydrogens (tertiary/aromatic N) is 4. The van der Waals surface area contributed by atoms with Crippen LogP contribution >= 0.6 is 0 Å². The van der Waals surface area contributed by atoms with Crippen LogP contribution in [0.5, 0.6) is 0 Å². The summed E-state index contributed by atoms with van der Waals surface area (Å²) in [6, 6.07) is 7.67. The minimum atomic E-state index is -0.0631. The van der Waals surface area contributed by atoms with Crippen LogP contribution in [0.2, 0.25) is 0 Å². The first-order valence-corrected chi connectivity index (χ1v) is 5.68. The summed E-state index contributed by atoms with van der Waals surface area (Å²) in [5.41, 5.74) is 2.68. The van der Waals surface area contributed by atoms with Crippen molar-refractivity contribution in [1.82, 2.24) is 9.55 Å². The van der Waals surface area contributed by atoms with Gasteiger partial charge < -0.3 is 9.47 Å². The molecule has 5 heteroatoms. The maximum absolute atomic E-state index is 11.8. The standard InChI is InChI=1S/C13H14N4O/c1-16-9-15-11-8-10(5-6-12(11)16)17(2)13(18)4-3-7-14/h5-6,8-9H,3-4H2,1-2H3. The van der Waals surface area contributed by atoms with Crippen molar-refractivity contribution in [1.29, 1.82) is 5.26 Å². The van der Waals surface area contributed by atoms with Crippen LogP contribution in [-0.4, -0.2) is 22.5 Å². The largest absolute Gasteiger partial charge is 0.334 e. The quantitative estimate of drug-likeness (QED) is 0.825. The lowest BCUT2D eigenvalue weighted by molar-refractivity contribution is -0.118. The van der Waals surface area contributed by atoms with Crippen LogP contribution in [0.15, 0.2) is 24.5 Å². The molecule has 1 aromatic carbocycles. The van der Waals surface area contributed by atoms with E-state index in [1.54, 1.807) is 18.3 Å². The molecule has 0 N–H and O–H groups in total. The third-order valence-electron chi connectivity index (χ3n) is 2.92. The lowest BCUT2D eigenvalue weighted by Gasteiger charge is -2.16. The molecule has 0 atom stereocenters. The molecule has 0 saturated carbocycles. The molecule has 0 saturated heterocycles. The van der Waals surface area contributed by atoms with Crippen LogP contribution in [-0.2, 0) is 11.8 Å². The minimum Gasteiger partial charge on any atom is -0.334 e. The number of nitriles is 1. The summed E-state index contributed by atoms with van der Waals surface area (Å²) < 4.78 is 1.93. The normalized spacial score (nSPS) is 10.3. The third kappa shape index (κ3) is 2.18. The first-order valence-electron chi connectivity index (χ1n) is 5.68. The zero-order valence-electron chi connectivity index (χ0n) is 10.4. The van der Waals surface area contributed by atoms with Gasteiger partial charge >= 0.3 is 0 Å². The van der Waals surface area contributed by atoms with E-state index in [-0.39, 0.29) is 18.7 Å². The maximum Gasteiger partial charge on any atom is 0.227 e. The van der Waals surface area contributed by atoms with E-state index in [4.69, 9.17) is 5.26 Å². The first kappa shape index (κ1) is 12.1. The number of aryl methyl sites for hydroxylation is 1. The number of hydrogen-bond acceptors (Lipinski definition) is 3. The second kappa shape index (κ2) is 4.88. The van der Waals surface area contributed by atoms with Crippen molar-refractivity contribution in [2.45, 2.75) is 12.8 Å². The average Bonchev–Trinajstić information content (AvgIpc) is 2.76. The SMILES string of the molecule is CN(C(=O)CCC#N)c1ccc2c(c1)ncn2C. The van der Waals surface area contributed by atoms with Gasteiger partial charge in [0.05, 0.1) is 23.4 Å². The van der Waals surface area contributed by atoms with E-state index >= 15 is 0 Å². The lowest BCUT2D eigenvalue weighted by atomic mass is 10.2. The summed E-state index contributed by atoms with van der Waals surface area (Å²) in [4.78, 5) is 17.6. The van der Waals surface area contributed by atoms with Gasteiger partial charge in [0.2, 0.25) is 5.91 Å². The van der Waals surface area contributed by atoms with Crippen LogP contribution in [0.3, 0.4) is 0 Å². The van der Waals surface area contributed by atoms with Gasteiger partial charge in [-0.1, -0.05) is 0 Å². The molecule has 1 amide bonds. The molecule has 2 aromatic rings. The van der Waals surface area contributed by atoms with Crippen molar-refractivity contribution in [3.05, 3.63) is 24.5 Å². The fraction of sp³-hybridized carbons (Fsp3) is 0.308. The fourth-order valence-corrected chi connectivity index (χ4v) is 1.81. The van der Waals surface area contributed by atoms with Gasteiger partial charge in [-0.3, -0.25) is 4.79 Å². The summed E-state index contributed by atoms with van der Waals surface area (Å²) in [6.07, 6.45) is 2.23. The number of imidazole rings is 1. The molecule has 0 spiro atoms. The van der Waals surface area contributed by atoms with E-state index < -0.39 is 0 Å². The third-order valence-corrected chi connectivity index (χ3v) is 2.92. The number of hydrogen-bond donors (Lipinski definition) is 0. The molecule has 0 bridgehead atoms. The van der Waals surface area contributed by atoms with Gasteiger partial charge in [0.1, 0.15) is 0 Å². The predicted octanol–water partition coefficient (Wildman–Crippen LogP) is 1.84. The number of benzene rings is 1. The number of carbonyl (C=O) groups excluding carboxylic acids is 1. The van der Waals surface area contributed by atoms with Gasteiger partial charge in [-0.05, 0) is 18.2 Å². The predicted molar refractivity (Wildman–Crippen MR) is 69.0 cm³/mol. The monoisotopic (exact) mass is 242 g/mol. The molecule has 0 aliphatic rings. The molecule has 1 aromatic heterocycles. The summed E-state index contributed by atoms with van der Waals surface area (Å²) >= 11 is 0. The second-order valence-corrected chi connectivity index (χ2v) is 4.14. The molecule has 0 aliphatic carbocycles. The van der Waals surface area contributed by atoms with Crippen molar-refractivity contribution in [3.63, 3.8) is 0 Å². The van der Waals surface area contributed by atoms with Gasteiger partial charge in [-0.15, -0.1) is 0 Å². The molecule has 18 heavy (non-hydrogen) atoms. The number of anilines is 1. The number of rotatable bonds is 3. The molecule has 0 fully saturated rings. The van der Waals surface area contributed by atoms with Gasteiger partial charge in [-0.25, -0.2) is 4.98 Å². The zero-order valence-corrected chi connectivity index (χ0v) is 10.4. The topological polar surface area (TPSA) is 61.9 Å². The molecule has 5 nitrogen and oxygen atoms in total. The van der Waals surface area contributed by atoms with Crippen LogP contribution < -0.4 is 4.90 Å². The van der Waals surface area contributed by atoms with Gasteiger partial charge in [0, 0.05) is 32.6 Å². The lowest BCUT2D eigenvalue weighted by Crippen LogP contribution is -2.25. The highest BCUT2D eigenvalue weighted by molar-refractivity contribution is 5.94. The minimum absolute atomic E-state index is 0.0631. The Bertz CT molecular complexity index is 623. The van der Waals surface area contributed by atoms with Crippen molar-refractivity contribution in [2.75, 3.05) is 11.9 Å². The Morgan fingerprint density at radius 2 is 2.33 bits per heavy atom. The molecular weight excluding hydrogens is 228 g/mol. The average molecular weight is 242 g/mol. The Morgan fingerprint density at radius 1 is 1.56 bits per heavy atom. The van der Waals surface area contributed by atoms with E-state index in [1.807, 2.05) is 35.9 Å². The number of amides is 1. The first-order chi connectivity index (χ1) is 8.63. The van der Waals surface area contributed by atoms with E-state index in [0.717, 1.165) is 16.7 Å². The molecule has 1 heterocycles. The van der Waals surface area contributed by atoms with Crippen LogP contribution in [0.1, 0.15) is 12.8 Å². The van der Waals surface area contributed by atoms with Crippen molar-refractivity contribution >= 4 is 22.6 Å². The van der Waals surface area contributed by atoms with E-state index in [0.29, 0.717) is 0 Å². The summed E-state index contributed by atoms with van der Waals surface area (Å²) in [7, 11) is 3.64.